The highest BCUT2D eigenvalue weighted by molar-refractivity contribution is 5.86. The lowest BCUT2D eigenvalue weighted by Gasteiger charge is -2.03. The van der Waals surface area contributed by atoms with Crippen molar-refractivity contribution >= 4 is 18.0 Å². The van der Waals surface area contributed by atoms with Crippen molar-refractivity contribution in [2.45, 2.75) is 59.3 Å². The third-order valence-electron chi connectivity index (χ3n) is 3.48. The Morgan fingerprint density at radius 2 is 1.46 bits per heavy atom. The smallest absolute Gasteiger partial charge is 0.333 e. The van der Waals surface area contributed by atoms with Crippen LogP contribution in [0.15, 0.2) is 61.2 Å². The Kier molecular flexibility index (Phi) is 18.9. The summed E-state index contributed by atoms with van der Waals surface area (Å²) in [6, 6.07) is 10.0. The molecule has 0 atom stereocenters. The van der Waals surface area contributed by atoms with Gasteiger partial charge in [0.25, 0.3) is 0 Å². The predicted octanol–water partition coefficient (Wildman–Crippen LogP) is 6.44. The maximum absolute atomic E-state index is 11.0. The van der Waals surface area contributed by atoms with E-state index in [9.17, 15) is 9.59 Å². The number of carboxylic acid groups (broad SMARTS) is 1. The Bertz CT molecular complexity index is 576. The first-order chi connectivity index (χ1) is 13.3. The van der Waals surface area contributed by atoms with E-state index in [0.29, 0.717) is 12.2 Å². The molecule has 0 aliphatic heterocycles. The molecule has 0 unspecified atom stereocenters. The molecule has 0 spiro atoms. The fraction of sp³-hybridized carbons (Fsp3) is 0.417. The number of carboxylic acids is 1. The highest BCUT2D eigenvalue weighted by Gasteiger charge is 2.01. The molecule has 0 heterocycles. The van der Waals surface area contributed by atoms with Crippen molar-refractivity contribution in [1.82, 2.24) is 0 Å². The first-order valence-electron chi connectivity index (χ1n) is 9.65. The van der Waals surface area contributed by atoms with E-state index in [1.54, 1.807) is 6.92 Å². The van der Waals surface area contributed by atoms with E-state index < -0.39 is 5.97 Å². The van der Waals surface area contributed by atoms with E-state index in [1.807, 2.05) is 36.4 Å². The zero-order valence-corrected chi connectivity index (χ0v) is 17.7. The van der Waals surface area contributed by atoms with Crippen LogP contribution in [0.4, 0.5) is 0 Å². The number of unbranched alkanes of at least 4 members (excludes halogenated alkanes) is 5. The van der Waals surface area contributed by atoms with Crippen molar-refractivity contribution in [3.8, 4) is 0 Å². The van der Waals surface area contributed by atoms with Gasteiger partial charge in [0.2, 0.25) is 0 Å². The van der Waals surface area contributed by atoms with Gasteiger partial charge in [0.05, 0.1) is 6.61 Å². The third-order valence-corrected chi connectivity index (χ3v) is 3.48. The van der Waals surface area contributed by atoms with Crippen molar-refractivity contribution < 1.29 is 19.4 Å². The highest BCUT2D eigenvalue weighted by atomic mass is 16.5. The second kappa shape index (κ2) is 19.2. The van der Waals surface area contributed by atoms with Crippen molar-refractivity contribution in [1.29, 1.82) is 0 Å². The number of aliphatic carboxylic acids is 1. The van der Waals surface area contributed by atoms with Crippen molar-refractivity contribution in [2.75, 3.05) is 6.61 Å². The molecule has 0 fully saturated rings. The van der Waals surface area contributed by atoms with Crippen LogP contribution in [0.2, 0.25) is 0 Å². The van der Waals surface area contributed by atoms with Crippen LogP contribution >= 0.6 is 0 Å². The summed E-state index contributed by atoms with van der Waals surface area (Å²) >= 11 is 0. The molecule has 0 saturated carbocycles. The van der Waals surface area contributed by atoms with Crippen LogP contribution in [-0.2, 0) is 14.3 Å². The van der Waals surface area contributed by atoms with Crippen LogP contribution in [0.3, 0.4) is 0 Å². The Morgan fingerprint density at radius 3 is 1.86 bits per heavy atom. The molecule has 0 radical (unpaired) electrons. The standard InChI is InChI=1S/C12H22O2.C8H8.C4H6O2/c1-4-5-6-7-8-9-10-14-12(13)11(2)3;1-2-8-6-4-3-5-7-8;1-3(2)4(5)6/h2,4-10H2,1,3H3;2-7H,1H2;1H2,2H3,(H,5,6). The maximum Gasteiger partial charge on any atom is 0.333 e. The Labute approximate surface area is 170 Å². The van der Waals surface area contributed by atoms with Gasteiger partial charge in [-0.3, -0.25) is 0 Å². The summed E-state index contributed by atoms with van der Waals surface area (Å²) < 4.78 is 4.97. The number of benzene rings is 1. The zero-order chi connectivity index (χ0) is 21.8. The van der Waals surface area contributed by atoms with Gasteiger partial charge >= 0.3 is 11.9 Å². The van der Waals surface area contributed by atoms with Gasteiger partial charge in [-0.05, 0) is 25.8 Å². The molecule has 4 nitrogen and oxygen atoms in total. The van der Waals surface area contributed by atoms with Crippen molar-refractivity contribution in [3.63, 3.8) is 0 Å². The van der Waals surface area contributed by atoms with Gasteiger partial charge in [-0.1, -0.05) is 95.2 Å². The van der Waals surface area contributed by atoms with Crippen molar-refractivity contribution in [2.24, 2.45) is 0 Å². The molecule has 0 bridgehead atoms. The maximum atomic E-state index is 11.0. The van der Waals surface area contributed by atoms with Crippen molar-refractivity contribution in [3.05, 3.63) is 66.8 Å². The zero-order valence-electron chi connectivity index (χ0n) is 17.7. The van der Waals surface area contributed by atoms with E-state index >= 15 is 0 Å². The van der Waals surface area contributed by atoms with E-state index in [0.717, 1.165) is 12.8 Å². The highest BCUT2D eigenvalue weighted by Crippen LogP contribution is 2.05. The van der Waals surface area contributed by atoms with Gasteiger partial charge in [0.15, 0.2) is 0 Å². The average molecular weight is 389 g/mol. The van der Waals surface area contributed by atoms with Gasteiger partial charge < -0.3 is 9.84 Å². The van der Waals surface area contributed by atoms with Crippen LogP contribution in [0, 0.1) is 0 Å². The third kappa shape index (κ3) is 19.7. The van der Waals surface area contributed by atoms with Crippen LogP contribution < -0.4 is 0 Å². The largest absolute Gasteiger partial charge is 0.478 e. The number of rotatable bonds is 10. The predicted molar refractivity (Wildman–Crippen MR) is 118 cm³/mol. The summed E-state index contributed by atoms with van der Waals surface area (Å²) in [6.45, 7) is 16.2. The van der Waals surface area contributed by atoms with Gasteiger partial charge in [0.1, 0.15) is 0 Å². The Balaban J connectivity index is 0. The molecule has 28 heavy (non-hydrogen) atoms. The summed E-state index contributed by atoms with van der Waals surface area (Å²) in [5, 5.41) is 7.89. The first kappa shape index (κ1) is 27.6. The summed E-state index contributed by atoms with van der Waals surface area (Å²) in [4.78, 5) is 20.6. The molecular formula is C24H36O4. The SMILES string of the molecule is C=C(C)C(=O)O.C=C(C)C(=O)OCCCCCCCC.C=Cc1ccccc1. The fourth-order valence-corrected chi connectivity index (χ4v) is 1.76. The molecule has 0 amide bonds. The molecule has 1 rings (SSSR count). The summed E-state index contributed by atoms with van der Waals surface area (Å²) in [7, 11) is 0. The number of hydrogen-bond donors (Lipinski definition) is 1. The molecule has 0 aliphatic carbocycles. The van der Waals surface area contributed by atoms with E-state index in [1.165, 1.54) is 38.2 Å². The fourth-order valence-electron chi connectivity index (χ4n) is 1.76. The number of hydrogen-bond acceptors (Lipinski definition) is 3. The molecule has 0 aliphatic rings. The van der Waals surface area contributed by atoms with Gasteiger partial charge in [0, 0.05) is 11.1 Å². The lowest BCUT2D eigenvalue weighted by molar-refractivity contribution is -0.139. The van der Waals surface area contributed by atoms with Gasteiger partial charge in [-0.2, -0.15) is 0 Å². The number of esters is 1. The minimum atomic E-state index is -0.935. The molecule has 156 valence electrons. The molecule has 1 aromatic rings. The van der Waals surface area contributed by atoms with E-state index in [4.69, 9.17) is 9.84 Å². The normalized spacial score (nSPS) is 8.96. The van der Waals surface area contributed by atoms with E-state index in [-0.39, 0.29) is 11.5 Å². The Hall–Kier alpha value is -2.62. The number of carbonyl (C=O) groups excluding carboxylic acids is 1. The summed E-state index contributed by atoms with van der Waals surface area (Å²) in [5.41, 5.74) is 1.83. The topological polar surface area (TPSA) is 63.6 Å². The van der Waals surface area contributed by atoms with Crippen LogP contribution in [0.1, 0.15) is 64.9 Å². The van der Waals surface area contributed by atoms with Gasteiger partial charge in [-0.15, -0.1) is 0 Å². The van der Waals surface area contributed by atoms with Crippen LogP contribution in [0.25, 0.3) is 6.08 Å². The molecule has 4 heteroatoms. The monoisotopic (exact) mass is 388 g/mol. The lowest BCUT2D eigenvalue weighted by Crippen LogP contribution is -2.05. The van der Waals surface area contributed by atoms with E-state index in [2.05, 4.69) is 26.7 Å². The average Bonchev–Trinajstić information content (AvgIpc) is 2.68. The van der Waals surface area contributed by atoms with Crippen LogP contribution in [-0.4, -0.2) is 23.7 Å². The lowest BCUT2D eigenvalue weighted by atomic mass is 10.1. The Morgan fingerprint density at radius 1 is 0.964 bits per heavy atom. The molecule has 0 saturated heterocycles. The minimum absolute atomic E-state index is 0.176. The molecule has 1 aromatic carbocycles. The molecule has 1 N–H and O–H groups in total. The molecular weight excluding hydrogens is 352 g/mol. The quantitative estimate of drug-likeness (QED) is 0.284. The second-order valence-corrected chi connectivity index (χ2v) is 6.38. The summed E-state index contributed by atoms with van der Waals surface area (Å²) in [5.74, 6) is -1.20. The summed E-state index contributed by atoms with van der Waals surface area (Å²) in [6.07, 6.45) is 9.09. The first-order valence-corrected chi connectivity index (χ1v) is 9.65. The number of ether oxygens (including phenoxy) is 1. The molecule has 0 aromatic heterocycles. The number of carbonyl (C=O) groups is 2. The second-order valence-electron chi connectivity index (χ2n) is 6.38. The van der Waals surface area contributed by atoms with Crippen LogP contribution in [0.5, 0.6) is 0 Å². The van der Waals surface area contributed by atoms with Gasteiger partial charge in [-0.25, -0.2) is 9.59 Å². The minimum Gasteiger partial charge on any atom is -0.478 e.